The van der Waals surface area contributed by atoms with Crippen LogP contribution in [0.25, 0.3) is 0 Å². The molecule has 3 aliphatic rings. The monoisotopic (exact) mass is 407 g/mol. The maximum Gasteiger partial charge on any atom is 0.240 e. The number of carbonyl (C=O) groups excluding carboxylic acids is 1. The first-order chi connectivity index (χ1) is 14.7. The number of nitrogens with zero attached hydrogens (tertiary/aromatic N) is 5. The zero-order valence-electron chi connectivity index (χ0n) is 18.1. The van der Waals surface area contributed by atoms with Gasteiger partial charge in [-0.25, -0.2) is 0 Å². The van der Waals surface area contributed by atoms with Gasteiger partial charge in [0.05, 0.1) is 6.04 Å². The molecule has 30 heavy (non-hydrogen) atoms. The standard InChI is InChI=1S/C24H33N5O/c1-2-27-17-20-9-6-5-8-19(20)16-21(27)24(30)28-14-11-18(12-15-28)23-26-25-22-10-4-3-7-13-29(22)23/h5-6,8-9,18,21H,2-4,7,10-17H2,1H3. The minimum Gasteiger partial charge on any atom is -0.341 e. The lowest BCUT2D eigenvalue weighted by molar-refractivity contribution is -0.138. The van der Waals surface area contributed by atoms with Gasteiger partial charge in [-0.05, 0) is 49.8 Å². The van der Waals surface area contributed by atoms with Crippen molar-refractivity contribution in [2.45, 2.75) is 76.9 Å². The summed E-state index contributed by atoms with van der Waals surface area (Å²) in [7, 11) is 0. The van der Waals surface area contributed by atoms with E-state index < -0.39 is 0 Å². The van der Waals surface area contributed by atoms with Crippen LogP contribution in [0, 0.1) is 0 Å². The first kappa shape index (κ1) is 19.7. The number of amides is 1. The van der Waals surface area contributed by atoms with Gasteiger partial charge in [0.2, 0.25) is 5.91 Å². The molecule has 1 unspecified atom stereocenters. The van der Waals surface area contributed by atoms with Gasteiger partial charge in [0.25, 0.3) is 0 Å². The lowest BCUT2D eigenvalue weighted by Crippen LogP contribution is -2.53. The Morgan fingerprint density at radius 3 is 2.63 bits per heavy atom. The molecule has 0 bridgehead atoms. The second kappa shape index (κ2) is 8.50. The van der Waals surface area contributed by atoms with E-state index in [1.54, 1.807) is 0 Å². The van der Waals surface area contributed by atoms with Crippen LogP contribution in [0.5, 0.6) is 0 Å². The van der Waals surface area contributed by atoms with E-state index in [1.807, 2.05) is 0 Å². The maximum atomic E-state index is 13.5. The summed E-state index contributed by atoms with van der Waals surface area (Å²) >= 11 is 0. The summed E-state index contributed by atoms with van der Waals surface area (Å²) in [4.78, 5) is 17.9. The highest BCUT2D eigenvalue weighted by Gasteiger charge is 2.35. The number of carbonyl (C=O) groups is 1. The second-order valence-electron chi connectivity index (χ2n) is 9.09. The topological polar surface area (TPSA) is 54.3 Å². The largest absolute Gasteiger partial charge is 0.341 e. The number of piperidine rings is 1. The Balaban J connectivity index is 1.26. The number of aryl methyl sites for hydroxylation is 1. The van der Waals surface area contributed by atoms with Crippen LogP contribution in [0.1, 0.15) is 67.7 Å². The van der Waals surface area contributed by atoms with Crippen LogP contribution in [0.4, 0.5) is 0 Å². The third-order valence-electron chi connectivity index (χ3n) is 7.35. The smallest absolute Gasteiger partial charge is 0.240 e. The fraction of sp³-hybridized carbons (Fsp3) is 0.625. The molecule has 1 fully saturated rings. The summed E-state index contributed by atoms with van der Waals surface area (Å²) in [6.07, 6.45) is 7.63. The number of hydrogen-bond donors (Lipinski definition) is 0. The fourth-order valence-corrected chi connectivity index (χ4v) is 5.53. The van der Waals surface area contributed by atoms with Crippen molar-refractivity contribution in [3.63, 3.8) is 0 Å². The maximum absolute atomic E-state index is 13.5. The average Bonchev–Trinajstić information content (AvgIpc) is 3.05. The number of likely N-dealkylation sites (tertiary alicyclic amines) is 1. The van der Waals surface area contributed by atoms with Gasteiger partial charge in [0.15, 0.2) is 0 Å². The van der Waals surface area contributed by atoms with Gasteiger partial charge in [-0.15, -0.1) is 10.2 Å². The van der Waals surface area contributed by atoms with Crippen LogP contribution in [0.15, 0.2) is 24.3 Å². The van der Waals surface area contributed by atoms with Gasteiger partial charge in [-0.3, -0.25) is 9.69 Å². The van der Waals surface area contributed by atoms with E-state index in [1.165, 1.54) is 42.0 Å². The highest BCUT2D eigenvalue weighted by molar-refractivity contribution is 5.82. The van der Waals surface area contributed by atoms with Crippen LogP contribution < -0.4 is 0 Å². The van der Waals surface area contributed by atoms with E-state index in [2.05, 4.69) is 55.8 Å². The number of aromatic nitrogens is 3. The summed E-state index contributed by atoms with van der Waals surface area (Å²) < 4.78 is 2.38. The molecule has 1 amide bonds. The molecule has 1 aromatic heterocycles. The molecule has 0 aliphatic carbocycles. The molecule has 1 atom stereocenters. The Hall–Kier alpha value is -2.21. The zero-order valence-corrected chi connectivity index (χ0v) is 18.1. The van der Waals surface area contributed by atoms with E-state index in [0.717, 1.165) is 58.4 Å². The predicted octanol–water partition coefficient (Wildman–Crippen LogP) is 3.16. The van der Waals surface area contributed by atoms with E-state index >= 15 is 0 Å². The Morgan fingerprint density at radius 2 is 1.83 bits per heavy atom. The third-order valence-corrected chi connectivity index (χ3v) is 7.35. The Kier molecular flexibility index (Phi) is 5.59. The van der Waals surface area contributed by atoms with Gasteiger partial charge in [0.1, 0.15) is 11.6 Å². The molecule has 0 saturated carbocycles. The van der Waals surface area contributed by atoms with Gasteiger partial charge in [-0.2, -0.15) is 0 Å². The normalized spacial score (nSPS) is 23.0. The summed E-state index contributed by atoms with van der Waals surface area (Å²) in [5.74, 6) is 3.08. The lowest BCUT2D eigenvalue weighted by atomic mass is 9.91. The van der Waals surface area contributed by atoms with E-state index in [4.69, 9.17) is 0 Å². The van der Waals surface area contributed by atoms with Crippen LogP contribution in [0.3, 0.4) is 0 Å². The highest BCUT2D eigenvalue weighted by atomic mass is 16.2. The van der Waals surface area contributed by atoms with Crippen molar-refractivity contribution >= 4 is 5.91 Å². The summed E-state index contributed by atoms with van der Waals surface area (Å²) in [6.45, 7) is 6.68. The molecule has 3 aliphatic heterocycles. The molecule has 1 aromatic carbocycles. The van der Waals surface area contributed by atoms with Crippen molar-refractivity contribution in [3.05, 3.63) is 47.0 Å². The molecule has 0 N–H and O–H groups in total. The molecule has 4 heterocycles. The first-order valence-electron chi connectivity index (χ1n) is 11.8. The minimum atomic E-state index is -0.0224. The Morgan fingerprint density at radius 1 is 1.03 bits per heavy atom. The lowest BCUT2D eigenvalue weighted by Gasteiger charge is -2.40. The number of benzene rings is 1. The molecule has 1 saturated heterocycles. The molecular formula is C24H33N5O. The average molecular weight is 408 g/mol. The van der Waals surface area contributed by atoms with Crippen LogP contribution >= 0.6 is 0 Å². The van der Waals surface area contributed by atoms with Crippen molar-refractivity contribution < 1.29 is 4.79 Å². The number of fused-ring (bicyclic) bond motifs is 2. The van der Waals surface area contributed by atoms with E-state index in [9.17, 15) is 4.79 Å². The summed E-state index contributed by atoms with van der Waals surface area (Å²) in [5.41, 5.74) is 2.70. The van der Waals surface area contributed by atoms with Gasteiger partial charge in [0, 0.05) is 38.5 Å². The molecule has 6 nitrogen and oxygen atoms in total. The zero-order chi connectivity index (χ0) is 20.5. The molecule has 2 aromatic rings. The van der Waals surface area contributed by atoms with Crippen LogP contribution in [0.2, 0.25) is 0 Å². The quantitative estimate of drug-likeness (QED) is 0.784. The number of likely N-dealkylation sites (N-methyl/N-ethyl adjacent to an activating group) is 1. The molecule has 0 spiro atoms. The van der Waals surface area contributed by atoms with Crippen LogP contribution in [-0.2, 0) is 30.7 Å². The molecule has 0 radical (unpaired) electrons. The van der Waals surface area contributed by atoms with E-state index in [-0.39, 0.29) is 6.04 Å². The predicted molar refractivity (Wildman–Crippen MR) is 116 cm³/mol. The highest BCUT2D eigenvalue weighted by Crippen LogP contribution is 2.31. The van der Waals surface area contributed by atoms with Gasteiger partial charge < -0.3 is 9.47 Å². The molecule has 160 valence electrons. The van der Waals surface area contributed by atoms with Gasteiger partial charge in [-0.1, -0.05) is 37.6 Å². The van der Waals surface area contributed by atoms with E-state index in [0.29, 0.717) is 11.8 Å². The van der Waals surface area contributed by atoms with Gasteiger partial charge >= 0.3 is 0 Å². The van der Waals surface area contributed by atoms with Crippen molar-refractivity contribution in [1.29, 1.82) is 0 Å². The molecule has 5 rings (SSSR count). The Labute approximate surface area is 179 Å². The summed E-state index contributed by atoms with van der Waals surface area (Å²) in [5, 5.41) is 9.06. The number of hydrogen-bond acceptors (Lipinski definition) is 4. The third kappa shape index (κ3) is 3.66. The number of rotatable bonds is 3. The fourth-order valence-electron chi connectivity index (χ4n) is 5.53. The first-order valence-corrected chi connectivity index (χ1v) is 11.8. The summed E-state index contributed by atoms with van der Waals surface area (Å²) in [6, 6.07) is 8.56. The van der Waals surface area contributed by atoms with Crippen molar-refractivity contribution in [1.82, 2.24) is 24.6 Å². The Bertz CT molecular complexity index is 899. The van der Waals surface area contributed by atoms with Crippen molar-refractivity contribution in [2.24, 2.45) is 0 Å². The van der Waals surface area contributed by atoms with Crippen molar-refractivity contribution in [2.75, 3.05) is 19.6 Å². The second-order valence-corrected chi connectivity index (χ2v) is 9.09. The molecular weight excluding hydrogens is 374 g/mol. The van der Waals surface area contributed by atoms with Crippen LogP contribution in [-0.4, -0.2) is 56.1 Å². The molecule has 6 heteroatoms. The minimum absolute atomic E-state index is 0.0224. The van der Waals surface area contributed by atoms with Crippen molar-refractivity contribution in [3.8, 4) is 0 Å². The SMILES string of the molecule is CCN1Cc2ccccc2CC1C(=O)N1CCC(c2nnc3n2CCCCC3)CC1.